The number of aromatic nitrogens is 2. The molecular weight excluding hydrogens is 336 g/mol. The maximum atomic E-state index is 10.2. The van der Waals surface area contributed by atoms with Crippen molar-refractivity contribution in [2.24, 2.45) is 5.92 Å². The molecule has 1 aromatic rings. The Morgan fingerprint density at radius 2 is 1.84 bits per heavy atom. The number of nitrogens with zero attached hydrogens (tertiary/aromatic N) is 2. The van der Waals surface area contributed by atoms with Crippen LogP contribution in [0.5, 0.6) is 0 Å². The summed E-state index contributed by atoms with van der Waals surface area (Å²) < 4.78 is 7.30. The Kier molecular flexibility index (Phi) is 5.15. The van der Waals surface area contributed by atoms with Gasteiger partial charge in [0.05, 0.1) is 24.9 Å². The quantitative estimate of drug-likeness (QED) is 0.292. The van der Waals surface area contributed by atoms with E-state index in [1.807, 2.05) is 0 Å². The number of fused-ring (bicyclic) bond motifs is 1. The molecule has 2 heterocycles. The van der Waals surface area contributed by atoms with Gasteiger partial charge in [-0.1, -0.05) is 0 Å². The zero-order chi connectivity index (χ0) is 18.4. The summed E-state index contributed by atoms with van der Waals surface area (Å²) in [6.07, 6.45) is -5.03. The molecule has 1 fully saturated rings. The molecule has 8 atom stereocenters. The molecule has 0 aromatic carbocycles. The molecule has 7 N–H and O–H groups in total. The van der Waals surface area contributed by atoms with Crippen molar-refractivity contribution in [1.82, 2.24) is 9.55 Å². The van der Waals surface area contributed by atoms with Crippen molar-refractivity contribution in [3.05, 3.63) is 18.2 Å². The second-order valence-electron chi connectivity index (χ2n) is 6.78. The average molecular weight is 360 g/mol. The first-order valence-electron chi connectivity index (χ1n) is 8.18. The number of hydrogen-bond acceptors (Lipinski definition) is 9. The number of imidazole rings is 1. The topological polar surface area (TPSA) is 169 Å². The fraction of sp³-hybridized carbons (Fsp3) is 0.800. The largest absolute Gasteiger partial charge is 0.396 e. The summed E-state index contributed by atoms with van der Waals surface area (Å²) in [4.78, 5) is 3.97. The van der Waals surface area contributed by atoms with Crippen molar-refractivity contribution >= 4 is 0 Å². The maximum absolute atomic E-state index is 10.2. The summed E-state index contributed by atoms with van der Waals surface area (Å²) in [5.41, 5.74) is -1.50. The molecule has 1 aliphatic heterocycles. The third kappa shape index (κ3) is 2.98. The number of hydrogen-bond donors (Lipinski definition) is 7. The molecule has 3 rings (SSSR count). The highest BCUT2D eigenvalue weighted by Gasteiger charge is 2.50. The van der Waals surface area contributed by atoms with Gasteiger partial charge in [-0.3, -0.25) is 0 Å². The predicted octanol–water partition coefficient (Wildman–Crippen LogP) is -3.19. The molecule has 1 saturated carbocycles. The first-order chi connectivity index (χ1) is 11.8. The van der Waals surface area contributed by atoms with Gasteiger partial charge in [0, 0.05) is 31.3 Å². The Labute approximate surface area is 143 Å². The normalized spacial score (nSPS) is 44.5. The van der Waals surface area contributed by atoms with Crippen LogP contribution in [0.3, 0.4) is 0 Å². The molecule has 10 heteroatoms. The summed E-state index contributed by atoms with van der Waals surface area (Å²) in [6.45, 7) is -0.986. The summed E-state index contributed by atoms with van der Waals surface area (Å²) in [6, 6.07) is 0. The summed E-state index contributed by atoms with van der Waals surface area (Å²) in [5, 5.41) is 69.6. The van der Waals surface area contributed by atoms with Crippen LogP contribution in [0.25, 0.3) is 0 Å². The van der Waals surface area contributed by atoms with E-state index in [2.05, 4.69) is 4.98 Å². The SMILES string of the molecule is OCC1CC(OC2(CO)CC(O)C(O)c3nccn32)C(O)C(O)C1O. The Morgan fingerprint density at radius 3 is 2.48 bits per heavy atom. The zero-order valence-corrected chi connectivity index (χ0v) is 13.5. The highest BCUT2D eigenvalue weighted by atomic mass is 16.6. The summed E-state index contributed by atoms with van der Waals surface area (Å²) in [7, 11) is 0. The average Bonchev–Trinajstić information content (AvgIpc) is 3.10. The van der Waals surface area contributed by atoms with E-state index in [0.717, 1.165) is 0 Å². The van der Waals surface area contributed by atoms with Gasteiger partial charge in [-0.25, -0.2) is 4.98 Å². The monoisotopic (exact) mass is 360 g/mol. The summed E-state index contributed by atoms with van der Waals surface area (Å²) in [5.74, 6) is -0.599. The van der Waals surface area contributed by atoms with E-state index < -0.39 is 61.5 Å². The van der Waals surface area contributed by atoms with Gasteiger partial charge in [0.2, 0.25) is 0 Å². The lowest BCUT2D eigenvalue weighted by molar-refractivity contribution is -0.261. The van der Waals surface area contributed by atoms with Gasteiger partial charge in [-0.05, 0) is 6.42 Å². The Morgan fingerprint density at radius 1 is 1.12 bits per heavy atom. The molecule has 2 aliphatic rings. The molecular formula is C15H24N2O8. The van der Waals surface area contributed by atoms with Crippen LogP contribution < -0.4 is 0 Å². The minimum atomic E-state index is -1.52. The zero-order valence-electron chi connectivity index (χ0n) is 13.5. The first-order valence-corrected chi connectivity index (χ1v) is 8.18. The second kappa shape index (κ2) is 6.89. The summed E-state index contributed by atoms with van der Waals surface area (Å²) >= 11 is 0. The number of aliphatic hydroxyl groups excluding tert-OH is 7. The predicted molar refractivity (Wildman–Crippen MR) is 81.0 cm³/mol. The molecule has 0 bridgehead atoms. The van der Waals surface area contributed by atoms with Crippen molar-refractivity contribution in [2.75, 3.05) is 13.2 Å². The van der Waals surface area contributed by atoms with Gasteiger partial charge < -0.3 is 45.0 Å². The van der Waals surface area contributed by atoms with E-state index in [-0.39, 0.29) is 18.7 Å². The maximum Gasteiger partial charge on any atom is 0.172 e. The molecule has 1 aliphatic carbocycles. The van der Waals surface area contributed by atoms with Crippen molar-refractivity contribution in [1.29, 1.82) is 0 Å². The first kappa shape index (κ1) is 18.7. The number of rotatable bonds is 4. The number of aliphatic hydroxyl groups is 7. The standard InChI is InChI=1S/C15H24N2O8/c18-5-7-3-9(12(23)13(24)10(7)21)25-15(6-19)4-8(20)11(22)14-16-1-2-17(14)15/h1-2,7-13,18-24H,3-6H2. The van der Waals surface area contributed by atoms with Crippen molar-refractivity contribution < 1.29 is 40.5 Å². The Bertz CT molecular complexity index is 596. The minimum absolute atomic E-state index is 0.0420. The molecule has 10 nitrogen and oxygen atoms in total. The van der Waals surface area contributed by atoms with Crippen LogP contribution >= 0.6 is 0 Å². The van der Waals surface area contributed by atoms with Gasteiger partial charge >= 0.3 is 0 Å². The Hall–Kier alpha value is -1.11. The van der Waals surface area contributed by atoms with E-state index >= 15 is 0 Å². The molecule has 8 unspecified atom stereocenters. The molecule has 0 saturated heterocycles. The third-order valence-corrected chi connectivity index (χ3v) is 5.22. The lowest BCUT2D eigenvalue weighted by atomic mass is 9.81. The molecule has 1 aromatic heterocycles. The van der Waals surface area contributed by atoms with Crippen LogP contribution in [0, 0.1) is 5.92 Å². The van der Waals surface area contributed by atoms with Crippen LogP contribution in [-0.2, 0) is 10.5 Å². The molecule has 0 spiro atoms. The highest BCUT2D eigenvalue weighted by molar-refractivity contribution is 5.09. The van der Waals surface area contributed by atoms with Crippen LogP contribution in [0.4, 0.5) is 0 Å². The van der Waals surface area contributed by atoms with E-state index in [0.29, 0.717) is 0 Å². The van der Waals surface area contributed by atoms with Crippen LogP contribution in [-0.4, -0.2) is 89.0 Å². The van der Waals surface area contributed by atoms with Crippen LogP contribution in [0.2, 0.25) is 0 Å². The molecule has 142 valence electrons. The highest BCUT2D eigenvalue weighted by Crippen LogP contribution is 2.40. The third-order valence-electron chi connectivity index (χ3n) is 5.22. The smallest absolute Gasteiger partial charge is 0.172 e. The lowest BCUT2D eigenvalue weighted by Crippen LogP contribution is -2.59. The minimum Gasteiger partial charge on any atom is -0.396 e. The fourth-order valence-corrected chi connectivity index (χ4v) is 3.73. The van der Waals surface area contributed by atoms with Crippen molar-refractivity contribution in [3.8, 4) is 0 Å². The van der Waals surface area contributed by atoms with E-state index in [1.54, 1.807) is 0 Å². The van der Waals surface area contributed by atoms with Crippen molar-refractivity contribution in [3.63, 3.8) is 0 Å². The van der Waals surface area contributed by atoms with E-state index in [4.69, 9.17) is 4.74 Å². The van der Waals surface area contributed by atoms with Gasteiger partial charge in [0.15, 0.2) is 5.72 Å². The van der Waals surface area contributed by atoms with E-state index in [9.17, 15) is 35.7 Å². The molecule has 25 heavy (non-hydrogen) atoms. The lowest BCUT2D eigenvalue weighted by Gasteiger charge is -2.47. The van der Waals surface area contributed by atoms with Crippen LogP contribution in [0.1, 0.15) is 24.8 Å². The fourth-order valence-electron chi connectivity index (χ4n) is 3.73. The van der Waals surface area contributed by atoms with Crippen LogP contribution in [0.15, 0.2) is 12.4 Å². The Balaban J connectivity index is 1.91. The van der Waals surface area contributed by atoms with Gasteiger partial charge in [0.25, 0.3) is 0 Å². The van der Waals surface area contributed by atoms with Gasteiger partial charge in [-0.2, -0.15) is 0 Å². The molecule has 0 amide bonds. The van der Waals surface area contributed by atoms with Crippen molar-refractivity contribution in [2.45, 2.75) is 55.2 Å². The molecule has 0 radical (unpaired) electrons. The second-order valence-corrected chi connectivity index (χ2v) is 6.78. The van der Waals surface area contributed by atoms with E-state index in [1.165, 1.54) is 17.0 Å². The van der Waals surface area contributed by atoms with Gasteiger partial charge in [0.1, 0.15) is 24.1 Å². The number of ether oxygens (including phenoxy) is 1. The van der Waals surface area contributed by atoms with Gasteiger partial charge in [-0.15, -0.1) is 0 Å².